The number of anilines is 1. The molecule has 1 aromatic carbocycles. The first-order valence-electron chi connectivity index (χ1n) is 8.45. The molecule has 1 aliphatic carbocycles. The van der Waals surface area contributed by atoms with Crippen molar-refractivity contribution in [3.8, 4) is 6.07 Å². The summed E-state index contributed by atoms with van der Waals surface area (Å²) in [7, 11) is 0. The number of nitriles is 1. The number of benzene rings is 1. The predicted molar refractivity (Wildman–Crippen MR) is 101 cm³/mol. The van der Waals surface area contributed by atoms with E-state index in [1.54, 1.807) is 30.3 Å². The molecule has 0 saturated carbocycles. The molecule has 1 amide bonds. The van der Waals surface area contributed by atoms with Crippen molar-refractivity contribution in [1.29, 1.82) is 5.26 Å². The Hall–Kier alpha value is -2.91. The third kappa shape index (κ3) is 2.80. The van der Waals surface area contributed by atoms with Gasteiger partial charge in [-0.15, -0.1) is 11.3 Å². The van der Waals surface area contributed by atoms with Crippen LogP contribution in [-0.4, -0.2) is 5.91 Å². The number of hydrogen-bond acceptors (Lipinski definition) is 5. The molecule has 1 atom stereocenters. The summed E-state index contributed by atoms with van der Waals surface area (Å²) in [4.78, 5) is 25.8. The van der Waals surface area contributed by atoms with E-state index in [2.05, 4.69) is 18.3 Å². The van der Waals surface area contributed by atoms with E-state index in [1.165, 1.54) is 11.3 Å². The molecule has 26 heavy (non-hydrogen) atoms. The van der Waals surface area contributed by atoms with Crippen LogP contribution in [0.2, 0.25) is 0 Å². The quantitative estimate of drug-likeness (QED) is 0.742. The van der Waals surface area contributed by atoms with Gasteiger partial charge in [0.1, 0.15) is 11.1 Å². The lowest BCUT2D eigenvalue weighted by Crippen LogP contribution is -2.15. The van der Waals surface area contributed by atoms with Crippen molar-refractivity contribution in [3.05, 3.63) is 62.5 Å². The Morgan fingerprint density at radius 2 is 2.19 bits per heavy atom. The fourth-order valence-corrected chi connectivity index (χ4v) is 4.72. The van der Waals surface area contributed by atoms with E-state index in [0.717, 1.165) is 29.7 Å². The number of fused-ring (bicyclic) bond motifs is 2. The number of hydrogen-bond donors (Lipinski definition) is 1. The summed E-state index contributed by atoms with van der Waals surface area (Å²) in [6.45, 7) is 2.19. The Kier molecular flexibility index (Phi) is 4.09. The van der Waals surface area contributed by atoms with Crippen LogP contribution < -0.4 is 10.9 Å². The standard InChI is InChI=1S/C20H16N2O3S/c1-11-6-7-14-15(10-21)19(26-17(14)8-11)22-18(23)16-9-12-4-2-3-5-13(12)20(24)25-16/h2-5,9,11H,6-8H2,1H3,(H,22,23)/t11-/m1/s1. The van der Waals surface area contributed by atoms with Gasteiger partial charge in [0.2, 0.25) is 0 Å². The maximum absolute atomic E-state index is 12.6. The van der Waals surface area contributed by atoms with Crippen molar-refractivity contribution < 1.29 is 9.21 Å². The molecule has 0 saturated heterocycles. The van der Waals surface area contributed by atoms with Gasteiger partial charge >= 0.3 is 5.63 Å². The third-order valence-corrected chi connectivity index (χ3v) is 5.91. The van der Waals surface area contributed by atoms with Crippen LogP contribution >= 0.6 is 11.3 Å². The Balaban J connectivity index is 1.69. The summed E-state index contributed by atoms with van der Waals surface area (Å²) >= 11 is 1.45. The van der Waals surface area contributed by atoms with Crippen LogP contribution in [-0.2, 0) is 12.8 Å². The molecule has 0 aliphatic heterocycles. The van der Waals surface area contributed by atoms with Crippen LogP contribution in [0.15, 0.2) is 39.5 Å². The average Bonchev–Trinajstić information content (AvgIpc) is 2.97. The monoisotopic (exact) mass is 364 g/mol. The molecule has 2 aromatic heterocycles. The Labute approximate surface area is 153 Å². The zero-order valence-corrected chi connectivity index (χ0v) is 15.0. The van der Waals surface area contributed by atoms with Gasteiger partial charge < -0.3 is 9.73 Å². The average molecular weight is 364 g/mol. The fraction of sp³-hybridized carbons (Fsp3) is 0.250. The van der Waals surface area contributed by atoms with Crippen LogP contribution in [0.1, 0.15) is 39.9 Å². The molecule has 0 radical (unpaired) electrons. The van der Waals surface area contributed by atoms with E-state index in [1.807, 2.05) is 0 Å². The number of rotatable bonds is 2. The molecule has 1 N–H and O–H groups in total. The van der Waals surface area contributed by atoms with Crippen molar-refractivity contribution >= 4 is 33.0 Å². The Morgan fingerprint density at radius 1 is 1.38 bits per heavy atom. The van der Waals surface area contributed by atoms with Crippen molar-refractivity contribution in [3.63, 3.8) is 0 Å². The second kappa shape index (κ2) is 6.43. The van der Waals surface area contributed by atoms with E-state index in [4.69, 9.17) is 4.42 Å². The van der Waals surface area contributed by atoms with Crippen molar-refractivity contribution in [2.24, 2.45) is 5.92 Å². The molecule has 0 unspecified atom stereocenters. The Morgan fingerprint density at radius 3 is 3.00 bits per heavy atom. The smallest absolute Gasteiger partial charge is 0.344 e. The summed E-state index contributed by atoms with van der Waals surface area (Å²) < 4.78 is 5.17. The summed E-state index contributed by atoms with van der Waals surface area (Å²) in [5.74, 6) is 0.00285. The van der Waals surface area contributed by atoms with Crippen molar-refractivity contribution in [2.45, 2.75) is 26.2 Å². The van der Waals surface area contributed by atoms with Crippen LogP contribution in [0.4, 0.5) is 5.00 Å². The first-order valence-corrected chi connectivity index (χ1v) is 9.27. The summed E-state index contributed by atoms with van der Waals surface area (Å²) in [6.07, 6.45) is 2.83. The molecule has 1 aliphatic rings. The molecular formula is C20H16N2O3S. The second-order valence-corrected chi connectivity index (χ2v) is 7.71. The normalized spacial score (nSPS) is 16.1. The molecule has 0 fully saturated rings. The predicted octanol–water partition coefficient (Wildman–Crippen LogP) is 4.10. The topological polar surface area (TPSA) is 83.1 Å². The highest BCUT2D eigenvalue weighted by atomic mass is 32.1. The Bertz CT molecular complexity index is 1120. The molecule has 0 bridgehead atoms. The number of thiophene rings is 1. The van der Waals surface area contributed by atoms with Gasteiger partial charge in [0.15, 0.2) is 5.76 Å². The number of amides is 1. The molecule has 3 aromatic rings. The van der Waals surface area contributed by atoms with Gasteiger partial charge in [-0.05, 0) is 48.3 Å². The van der Waals surface area contributed by atoms with E-state index < -0.39 is 11.5 Å². The minimum Gasteiger partial charge on any atom is -0.417 e. The molecule has 5 nitrogen and oxygen atoms in total. The maximum Gasteiger partial charge on any atom is 0.344 e. The third-order valence-electron chi connectivity index (χ3n) is 4.74. The number of nitrogens with zero attached hydrogens (tertiary/aromatic N) is 1. The number of carbonyl (C=O) groups is 1. The zero-order chi connectivity index (χ0) is 18.3. The minimum absolute atomic E-state index is 0.0580. The van der Waals surface area contributed by atoms with Crippen LogP contribution in [0.5, 0.6) is 0 Å². The zero-order valence-electron chi connectivity index (χ0n) is 14.2. The van der Waals surface area contributed by atoms with Crippen molar-refractivity contribution in [1.82, 2.24) is 0 Å². The van der Waals surface area contributed by atoms with Gasteiger partial charge in [-0.1, -0.05) is 25.1 Å². The molecular weight excluding hydrogens is 348 g/mol. The lowest BCUT2D eigenvalue weighted by molar-refractivity contribution is 0.0993. The highest BCUT2D eigenvalue weighted by Gasteiger charge is 2.25. The van der Waals surface area contributed by atoms with Gasteiger partial charge in [-0.25, -0.2) is 4.79 Å². The number of carbonyl (C=O) groups excluding carboxylic acids is 1. The van der Waals surface area contributed by atoms with Crippen LogP contribution in [0.25, 0.3) is 10.8 Å². The summed E-state index contributed by atoms with van der Waals surface area (Å²) in [5, 5.41) is 13.9. The first kappa shape index (κ1) is 16.6. The van der Waals surface area contributed by atoms with Gasteiger partial charge in [0.05, 0.1) is 10.9 Å². The molecule has 4 rings (SSSR count). The SMILES string of the molecule is C[C@@H]1CCc2c(sc(NC(=O)c3cc4ccccc4c(=O)o3)c2C#N)C1. The lowest BCUT2D eigenvalue weighted by atomic mass is 9.89. The molecule has 6 heteroatoms. The van der Waals surface area contributed by atoms with E-state index in [0.29, 0.717) is 27.3 Å². The molecule has 0 spiro atoms. The highest BCUT2D eigenvalue weighted by Crippen LogP contribution is 2.39. The van der Waals surface area contributed by atoms with Crippen LogP contribution in [0, 0.1) is 17.2 Å². The summed E-state index contributed by atoms with van der Waals surface area (Å²) in [6, 6.07) is 10.7. The van der Waals surface area contributed by atoms with E-state index >= 15 is 0 Å². The largest absolute Gasteiger partial charge is 0.417 e. The lowest BCUT2D eigenvalue weighted by Gasteiger charge is -2.17. The second-order valence-electron chi connectivity index (χ2n) is 6.61. The van der Waals surface area contributed by atoms with Crippen LogP contribution in [0.3, 0.4) is 0 Å². The fourth-order valence-electron chi connectivity index (χ4n) is 3.37. The molecule has 2 heterocycles. The van der Waals surface area contributed by atoms with E-state index in [9.17, 15) is 14.9 Å². The van der Waals surface area contributed by atoms with Crippen molar-refractivity contribution in [2.75, 3.05) is 5.32 Å². The van der Waals surface area contributed by atoms with E-state index in [-0.39, 0.29) is 5.76 Å². The van der Waals surface area contributed by atoms with Gasteiger partial charge in [0.25, 0.3) is 5.91 Å². The number of nitrogens with one attached hydrogen (secondary N) is 1. The van der Waals surface area contributed by atoms with Gasteiger partial charge in [-0.3, -0.25) is 4.79 Å². The van der Waals surface area contributed by atoms with Gasteiger partial charge in [-0.2, -0.15) is 5.26 Å². The van der Waals surface area contributed by atoms with Gasteiger partial charge in [0, 0.05) is 4.88 Å². The molecule has 130 valence electrons. The minimum atomic E-state index is -0.548. The maximum atomic E-state index is 12.6. The summed E-state index contributed by atoms with van der Waals surface area (Å²) in [5.41, 5.74) is 1.03. The highest BCUT2D eigenvalue weighted by molar-refractivity contribution is 7.16. The first-order chi connectivity index (χ1) is 12.6.